The highest BCUT2D eigenvalue weighted by molar-refractivity contribution is 5.93. The maximum Gasteiger partial charge on any atom is 0.344 e. The van der Waals surface area contributed by atoms with E-state index < -0.39 is 0 Å². The largest absolute Gasteiger partial charge is 0.423 e. The number of carbonyl (C=O) groups is 1. The number of rotatable bonds is 5. The topological polar surface area (TPSA) is 72.9 Å². The molecule has 0 saturated carbocycles. The molecule has 0 aliphatic carbocycles. The number of aromatic nitrogens is 3. The van der Waals surface area contributed by atoms with Crippen LogP contribution in [0.2, 0.25) is 0 Å². The van der Waals surface area contributed by atoms with Gasteiger partial charge in [-0.1, -0.05) is 62.4 Å². The zero-order chi connectivity index (χ0) is 21.4. The Bertz CT molecular complexity index is 1200. The van der Waals surface area contributed by atoms with Crippen molar-refractivity contribution in [3.05, 3.63) is 77.7 Å². The van der Waals surface area contributed by atoms with Crippen LogP contribution >= 0.6 is 0 Å². The summed E-state index contributed by atoms with van der Waals surface area (Å²) in [6, 6.07) is 19.7. The van der Waals surface area contributed by atoms with E-state index in [0.717, 1.165) is 18.4 Å². The van der Waals surface area contributed by atoms with E-state index in [1.54, 1.807) is 4.52 Å². The lowest BCUT2D eigenvalue weighted by atomic mass is 10.0. The Hall–Kier alpha value is -3.61. The van der Waals surface area contributed by atoms with Gasteiger partial charge in [-0.25, -0.2) is 0 Å². The number of likely N-dealkylation sites (tertiary alicyclic amines) is 1. The van der Waals surface area contributed by atoms with Crippen molar-refractivity contribution in [1.82, 2.24) is 19.5 Å². The summed E-state index contributed by atoms with van der Waals surface area (Å²) in [6.45, 7) is 4.73. The van der Waals surface area contributed by atoms with Gasteiger partial charge in [0.2, 0.25) is 5.76 Å². The molecular weight excluding hydrogens is 392 g/mol. The Morgan fingerprint density at radius 3 is 2.52 bits per heavy atom. The van der Waals surface area contributed by atoms with Crippen LogP contribution in [0.5, 0.6) is 11.8 Å². The van der Waals surface area contributed by atoms with Crippen molar-refractivity contribution < 1.29 is 13.9 Å². The van der Waals surface area contributed by atoms with Crippen LogP contribution in [-0.2, 0) is 0 Å². The molecule has 1 fully saturated rings. The Morgan fingerprint density at radius 1 is 1.10 bits per heavy atom. The van der Waals surface area contributed by atoms with E-state index in [4.69, 9.17) is 9.15 Å². The van der Waals surface area contributed by atoms with Gasteiger partial charge in [-0.05, 0) is 36.5 Å². The molecule has 1 saturated heterocycles. The molecule has 0 radical (unpaired) electrons. The SMILES string of the molecule is CC(C)c1c(C(=O)N2CCCC2c2ccccc2)oc2nc(Oc3ccccc3)nn12. The minimum absolute atomic E-state index is 0.0178. The van der Waals surface area contributed by atoms with Gasteiger partial charge in [0.15, 0.2) is 0 Å². The fraction of sp³-hybridized carbons (Fsp3) is 0.292. The number of ether oxygens (including phenoxy) is 1. The molecule has 5 rings (SSSR count). The zero-order valence-electron chi connectivity index (χ0n) is 17.6. The van der Waals surface area contributed by atoms with Crippen LogP contribution in [0, 0.1) is 0 Å². The molecule has 1 amide bonds. The third-order valence-corrected chi connectivity index (χ3v) is 5.60. The first-order chi connectivity index (χ1) is 15.1. The van der Waals surface area contributed by atoms with E-state index in [0.29, 0.717) is 23.7 Å². The Labute approximate surface area is 180 Å². The minimum Gasteiger partial charge on any atom is -0.423 e. The number of hydrogen-bond acceptors (Lipinski definition) is 5. The van der Waals surface area contributed by atoms with E-state index in [1.165, 1.54) is 0 Å². The summed E-state index contributed by atoms with van der Waals surface area (Å²) in [4.78, 5) is 19.8. The van der Waals surface area contributed by atoms with Gasteiger partial charge >= 0.3 is 11.9 Å². The lowest BCUT2D eigenvalue weighted by molar-refractivity contribution is 0.0703. The normalized spacial score (nSPS) is 16.4. The molecule has 31 heavy (non-hydrogen) atoms. The van der Waals surface area contributed by atoms with Crippen molar-refractivity contribution in [2.45, 2.75) is 38.6 Å². The van der Waals surface area contributed by atoms with Gasteiger partial charge in [0.1, 0.15) is 5.75 Å². The molecule has 0 bridgehead atoms. The number of carbonyl (C=O) groups excluding carboxylic acids is 1. The average Bonchev–Trinajstić information content (AvgIpc) is 3.48. The van der Waals surface area contributed by atoms with Gasteiger partial charge in [0.05, 0.1) is 11.7 Å². The maximum atomic E-state index is 13.5. The van der Waals surface area contributed by atoms with Crippen LogP contribution in [0.25, 0.3) is 5.84 Å². The molecule has 1 unspecified atom stereocenters. The van der Waals surface area contributed by atoms with E-state index in [2.05, 4.69) is 22.2 Å². The lowest BCUT2D eigenvalue weighted by Gasteiger charge is -2.24. The number of hydrogen-bond donors (Lipinski definition) is 0. The molecule has 0 N–H and O–H groups in total. The molecular formula is C24H24N4O3. The second-order valence-electron chi connectivity index (χ2n) is 8.04. The maximum absolute atomic E-state index is 13.5. The van der Waals surface area contributed by atoms with Crippen molar-refractivity contribution in [3.63, 3.8) is 0 Å². The Morgan fingerprint density at radius 2 is 1.81 bits per heavy atom. The Balaban J connectivity index is 1.48. The van der Waals surface area contributed by atoms with Gasteiger partial charge < -0.3 is 14.1 Å². The van der Waals surface area contributed by atoms with Crippen molar-refractivity contribution in [3.8, 4) is 11.8 Å². The van der Waals surface area contributed by atoms with Gasteiger partial charge in [-0.2, -0.15) is 4.52 Å². The van der Waals surface area contributed by atoms with Gasteiger partial charge in [-0.15, -0.1) is 10.1 Å². The van der Waals surface area contributed by atoms with Crippen LogP contribution in [0.4, 0.5) is 0 Å². The highest BCUT2D eigenvalue weighted by Gasteiger charge is 2.35. The quantitative estimate of drug-likeness (QED) is 0.446. The number of nitrogens with zero attached hydrogens (tertiary/aromatic N) is 4. The van der Waals surface area contributed by atoms with Crippen LogP contribution in [-0.4, -0.2) is 31.9 Å². The summed E-state index contributed by atoms with van der Waals surface area (Å²) in [5.74, 6) is 1.10. The molecule has 1 atom stereocenters. The van der Waals surface area contributed by atoms with E-state index in [1.807, 2.05) is 67.3 Å². The Kier molecular flexibility index (Phi) is 4.94. The lowest BCUT2D eigenvalue weighted by Crippen LogP contribution is -2.31. The number of oxazole rings is 1. The monoisotopic (exact) mass is 416 g/mol. The number of fused-ring (bicyclic) bond motifs is 1. The molecule has 7 nitrogen and oxygen atoms in total. The highest BCUT2D eigenvalue weighted by atomic mass is 16.5. The van der Waals surface area contributed by atoms with Crippen molar-refractivity contribution in [2.24, 2.45) is 0 Å². The summed E-state index contributed by atoms with van der Waals surface area (Å²) in [5, 5.41) is 4.45. The first-order valence-corrected chi connectivity index (χ1v) is 10.6. The molecule has 1 aliphatic heterocycles. The molecule has 7 heteroatoms. The summed E-state index contributed by atoms with van der Waals surface area (Å²) in [5.41, 5.74) is 1.85. The second-order valence-corrected chi connectivity index (χ2v) is 8.04. The van der Waals surface area contributed by atoms with Gasteiger partial charge in [0.25, 0.3) is 5.91 Å². The second kappa shape index (κ2) is 7.91. The van der Waals surface area contributed by atoms with Gasteiger partial charge in [-0.3, -0.25) is 4.79 Å². The predicted molar refractivity (Wildman–Crippen MR) is 115 cm³/mol. The third kappa shape index (κ3) is 3.56. The predicted octanol–water partition coefficient (Wildman–Crippen LogP) is 5.22. The fourth-order valence-corrected chi connectivity index (χ4v) is 4.20. The molecule has 1 aliphatic rings. The molecule has 2 aromatic heterocycles. The van der Waals surface area contributed by atoms with Crippen LogP contribution in [0.1, 0.15) is 60.5 Å². The third-order valence-electron chi connectivity index (χ3n) is 5.60. The first-order valence-electron chi connectivity index (χ1n) is 10.6. The zero-order valence-corrected chi connectivity index (χ0v) is 17.6. The fourth-order valence-electron chi connectivity index (χ4n) is 4.20. The molecule has 2 aromatic carbocycles. The molecule has 3 heterocycles. The summed E-state index contributed by atoms with van der Waals surface area (Å²) in [6.07, 6.45) is 1.91. The van der Waals surface area contributed by atoms with Crippen molar-refractivity contribution in [2.75, 3.05) is 6.54 Å². The smallest absolute Gasteiger partial charge is 0.344 e. The minimum atomic E-state index is -0.118. The molecule has 4 aromatic rings. The van der Waals surface area contributed by atoms with E-state index >= 15 is 0 Å². The molecule has 0 spiro atoms. The summed E-state index contributed by atoms with van der Waals surface area (Å²) < 4.78 is 13.3. The van der Waals surface area contributed by atoms with Gasteiger partial charge in [0, 0.05) is 6.54 Å². The number of para-hydroxylation sites is 1. The van der Waals surface area contributed by atoms with Crippen molar-refractivity contribution in [1.29, 1.82) is 0 Å². The highest BCUT2D eigenvalue weighted by Crippen LogP contribution is 2.35. The van der Waals surface area contributed by atoms with Crippen LogP contribution in [0.3, 0.4) is 0 Å². The summed E-state index contributed by atoms with van der Waals surface area (Å²) >= 11 is 0. The average molecular weight is 416 g/mol. The van der Waals surface area contributed by atoms with E-state index in [9.17, 15) is 4.79 Å². The summed E-state index contributed by atoms with van der Waals surface area (Å²) in [7, 11) is 0. The van der Waals surface area contributed by atoms with Crippen LogP contribution in [0.15, 0.2) is 65.1 Å². The number of benzene rings is 2. The number of amides is 1. The molecule has 158 valence electrons. The van der Waals surface area contributed by atoms with Crippen molar-refractivity contribution >= 4 is 11.8 Å². The van der Waals surface area contributed by atoms with E-state index in [-0.39, 0.29) is 29.7 Å². The van der Waals surface area contributed by atoms with Crippen LogP contribution < -0.4 is 4.74 Å². The standard InChI is InChI=1S/C24H24N4O3/c1-16(2)20-21(22(29)27-15-9-14-19(27)17-10-5-3-6-11-17)31-24-25-23(26-28(20)24)30-18-12-7-4-8-13-18/h3-8,10-13,16,19H,9,14-15H2,1-2H3. The first kappa shape index (κ1) is 19.4.